The second kappa shape index (κ2) is 9.26. The largest absolute Gasteiger partial charge is 0.381 e. The van der Waals surface area contributed by atoms with Gasteiger partial charge in [-0.15, -0.1) is 0 Å². The van der Waals surface area contributed by atoms with Crippen molar-refractivity contribution < 1.29 is 9.47 Å². The minimum absolute atomic E-state index is 0.385. The van der Waals surface area contributed by atoms with E-state index in [4.69, 9.17) is 9.47 Å². The van der Waals surface area contributed by atoms with Crippen LogP contribution in [0.15, 0.2) is 4.99 Å². The highest BCUT2D eigenvalue weighted by molar-refractivity contribution is 5.80. The van der Waals surface area contributed by atoms with Crippen molar-refractivity contribution in [2.24, 2.45) is 4.99 Å². The van der Waals surface area contributed by atoms with Gasteiger partial charge in [0.15, 0.2) is 5.96 Å². The standard InChI is InChI=1S/C16H31N3O2/c1-3-5-10-20-11-6-9-18-16(17-4-2)19-14-12-13-7-8-15(14)21-13/h13-15H,3-12H2,1-2H3,(H2,17,18,19). The highest BCUT2D eigenvalue weighted by Crippen LogP contribution is 2.34. The minimum Gasteiger partial charge on any atom is -0.381 e. The first-order chi connectivity index (χ1) is 10.3. The molecule has 3 atom stereocenters. The average molecular weight is 297 g/mol. The second-order valence-electron chi connectivity index (χ2n) is 5.94. The van der Waals surface area contributed by atoms with Crippen LogP contribution in [0.2, 0.25) is 0 Å². The molecular weight excluding hydrogens is 266 g/mol. The maximum atomic E-state index is 5.88. The Bertz CT molecular complexity index is 323. The van der Waals surface area contributed by atoms with Gasteiger partial charge in [-0.2, -0.15) is 0 Å². The number of unbranched alkanes of at least 4 members (excludes halogenated alkanes) is 1. The fourth-order valence-corrected chi connectivity index (χ4v) is 2.99. The summed E-state index contributed by atoms with van der Waals surface area (Å²) < 4.78 is 11.4. The number of nitrogens with zero attached hydrogens (tertiary/aromatic N) is 1. The first-order valence-electron chi connectivity index (χ1n) is 8.61. The zero-order valence-electron chi connectivity index (χ0n) is 13.6. The van der Waals surface area contributed by atoms with E-state index in [0.29, 0.717) is 18.2 Å². The number of hydrogen-bond donors (Lipinski definition) is 2. The molecule has 5 heteroatoms. The number of hydrogen-bond acceptors (Lipinski definition) is 3. The van der Waals surface area contributed by atoms with E-state index in [1.54, 1.807) is 0 Å². The molecule has 2 N–H and O–H groups in total. The summed E-state index contributed by atoms with van der Waals surface area (Å²) in [6, 6.07) is 0.433. The van der Waals surface area contributed by atoms with E-state index in [9.17, 15) is 0 Å². The lowest BCUT2D eigenvalue weighted by molar-refractivity contribution is 0.0992. The molecule has 2 fully saturated rings. The molecule has 0 aliphatic carbocycles. The molecular formula is C16H31N3O2. The van der Waals surface area contributed by atoms with Gasteiger partial charge in [0.05, 0.1) is 18.2 Å². The van der Waals surface area contributed by atoms with E-state index in [1.165, 1.54) is 19.3 Å². The second-order valence-corrected chi connectivity index (χ2v) is 5.94. The summed E-state index contributed by atoms with van der Waals surface area (Å²) in [6.07, 6.45) is 7.72. The maximum absolute atomic E-state index is 5.88. The molecule has 2 aliphatic rings. The van der Waals surface area contributed by atoms with E-state index in [1.807, 2.05) is 0 Å². The van der Waals surface area contributed by atoms with Crippen LogP contribution >= 0.6 is 0 Å². The predicted molar refractivity (Wildman–Crippen MR) is 85.8 cm³/mol. The van der Waals surface area contributed by atoms with Gasteiger partial charge < -0.3 is 20.1 Å². The molecule has 0 amide bonds. The maximum Gasteiger partial charge on any atom is 0.191 e. The Labute approximate surface area is 128 Å². The number of rotatable bonds is 9. The van der Waals surface area contributed by atoms with Gasteiger partial charge in [0, 0.05) is 26.3 Å². The van der Waals surface area contributed by atoms with Crippen LogP contribution in [0.25, 0.3) is 0 Å². The molecule has 0 spiro atoms. The molecule has 2 aliphatic heterocycles. The van der Waals surface area contributed by atoms with Gasteiger partial charge >= 0.3 is 0 Å². The summed E-state index contributed by atoms with van der Waals surface area (Å²) in [5.41, 5.74) is 0. The summed E-state index contributed by atoms with van der Waals surface area (Å²) in [5.74, 6) is 0.923. The fraction of sp³-hybridized carbons (Fsp3) is 0.938. The summed E-state index contributed by atoms with van der Waals surface area (Å²) in [5, 5.41) is 6.86. The molecule has 2 bridgehead atoms. The Kier molecular flexibility index (Phi) is 7.30. The monoisotopic (exact) mass is 297 g/mol. The fourth-order valence-electron chi connectivity index (χ4n) is 2.99. The number of ether oxygens (including phenoxy) is 2. The van der Waals surface area contributed by atoms with Gasteiger partial charge in [0.2, 0.25) is 0 Å². The van der Waals surface area contributed by atoms with Crippen LogP contribution in [0.4, 0.5) is 0 Å². The van der Waals surface area contributed by atoms with Crippen LogP contribution < -0.4 is 10.6 Å². The molecule has 0 radical (unpaired) electrons. The molecule has 2 heterocycles. The molecule has 0 aromatic carbocycles. The third kappa shape index (κ3) is 5.47. The lowest BCUT2D eigenvalue weighted by Crippen LogP contribution is -2.47. The molecule has 0 aromatic rings. The van der Waals surface area contributed by atoms with Gasteiger partial charge in [-0.3, -0.25) is 4.99 Å². The predicted octanol–water partition coefficient (Wildman–Crippen LogP) is 2.07. The summed E-state index contributed by atoms with van der Waals surface area (Å²) >= 11 is 0. The zero-order valence-corrected chi connectivity index (χ0v) is 13.6. The van der Waals surface area contributed by atoms with E-state index in [0.717, 1.165) is 51.5 Å². The topological polar surface area (TPSA) is 54.9 Å². The van der Waals surface area contributed by atoms with Crippen LogP contribution in [-0.4, -0.2) is 50.5 Å². The Morgan fingerprint density at radius 2 is 2.10 bits per heavy atom. The third-order valence-electron chi connectivity index (χ3n) is 4.13. The third-order valence-corrected chi connectivity index (χ3v) is 4.13. The first kappa shape index (κ1) is 16.6. The minimum atomic E-state index is 0.385. The van der Waals surface area contributed by atoms with Crippen molar-refractivity contribution in [3.63, 3.8) is 0 Å². The molecule has 2 saturated heterocycles. The van der Waals surface area contributed by atoms with E-state index < -0.39 is 0 Å². The quantitative estimate of drug-likeness (QED) is 0.389. The van der Waals surface area contributed by atoms with Crippen LogP contribution in [0, 0.1) is 0 Å². The van der Waals surface area contributed by atoms with Crippen LogP contribution in [-0.2, 0) is 9.47 Å². The van der Waals surface area contributed by atoms with Gasteiger partial charge in [-0.25, -0.2) is 0 Å². The van der Waals surface area contributed by atoms with Crippen molar-refractivity contribution in [1.82, 2.24) is 10.6 Å². The van der Waals surface area contributed by atoms with E-state index in [-0.39, 0.29) is 0 Å². The van der Waals surface area contributed by atoms with Gasteiger partial charge in [0.1, 0.15) is 0 Å². The number of nitrogens with one attached hydrogen (secondary N) is 2. The zero-order chi connectivity index (χ0) is 14.9. The number of guanidine groups is 1. The summed E-state index contributed by atoms with van der Waals surface area (Å²) in [6.45, 7) is 7.66. The summed E-state index contributed by atoms with van der Waals surface area (Å²) in [4.78, 5) is 4.64. The van der Waals surface area contributed by atoms with E-state index >= 15 is 0 Å². The van der Waals surface area contributed by atoms with Crippen molar-refractivity contribution >= 4 is 5.96 Å². The lowest BCUT2D eigenvalue weighted by Gasteiger charge is -2.22. The Morgan fingerprint density at radius 3 is 2.76 bits per heavy atom. The number of fused-ring (bicyclic) bond motifs is 2. The van der Waals surface area contributed by atoms with Crippen molar-refractivity contribution in [3.05, 3.63) is 0 Å². The van der Waals surface area contributed by atoms with Gasteiger partial charge in [0.25, 0.3) is 0 Å². The molecule has 0 aromatic heterocycles. The molecule has 21 heavy (non-hydrogen) atoms. The Balaban J connectivity index is 1.64. The molecule has 0 saturated carbocycles. The smallest absolute Gasteiger partial charge is 0.191 e. The molecule has 5 nitrogen and oxygen atoms in total. The van der Waals surface area contributed by atoms with Crippen molar-refractivity contribution in [3.8, 4) is 0 Å². The summed E-state index contributed by atoms with van der Waals surface area (Å²) in [7, 11) is 0. The lowest BCUT2D eigenvalue weighted by atomic mass is 9.96. The van der Waals surface area contributed by atoms with Crippen molar-refractivity contribution in [2.45, 2.75) is 70.6 Å². The van der Waals surface area contributed by atoms with Crippen molar-refractivity contribution in [1.29, 1.82) is 0 Å². The van der Waals surface area contributed by atoms with Gasteiger partial charge in [-0.05, 0) is 39.0 Å². The van der Waals surface area contributed by atoms with Crippen molar-refractivity contribution in [2.75, 3.05) is 26.3 Å². The highest BCUT2D eigenvalue weighted by Gasteiger charge is 2.41. The molecule has 122 valence electrons. The Morgan fingerprint density at radius 1 is 1.24 bits per heavy atom. The van der Waals surface area contributed by atoms with Gasteiger partial charge in [-0.1, -0.05) is 13.3 Å². The van der Waals surface area contributed by atoms with Crippen LogP contribution in [0.1, 0.15) is 52.4 Å². The molecule has 3 unspecified atom stereocenters. The molecule has 2 rings (SSSR count). The SMILES string of the molecule is CCCCOCCCN=C(NCC)NC1CC2CCC1O2. The highest BCUT2D eigenvalue weighted by atomic mass is 16.5. The average Bonchev–Trinajstić information content (AvgIpc) is 3.09. The normalized spacial score (nSPS) is 28.1. The van der Waals surface area contributed by atoms with E-state index in [2.05, 4.69) is 29.5 Å². The Hall–Kier alpha value is -0.810. The van der Waals surface area contributed by atoms with Crippen LogP contribution in [0.5, 0.6) is 0 Å². The number of aliphatic imine (C=N–C) groups is 1. The van der Waals surface area contributed by atoms with Crippen LogP contribution in [0.3, 0.4) is 0 Å². The first-order valence-corrected chi connectivity index (χ1v) is 8.61.